The molecule has 1 saturated heterocycles. The SMILES string of the molecule is Cn1nnc(NC(=O)c2ccc(N3CCCCC3)c([N+](=O)[O-])c2)n1. The normalized spacial score (nSPS) is 14.5. The van der Waals surface area contributed by atoms with Crippen molar-refractivity contribution < 1.29 is 9.72 Å². The molecule has 1 N–H and O–H groups in total. The molecule has 2 aromatic rings. The summed E-state index contributed by atoms with van der Waals surface area (Å²) in [6.45, 7) is 1.58. The summed E-state index contributed by atoms with van der Waals surface area (Å²) < 4.78 is 0. The van der Waals surface area contributed by atoms with Crippen LogP contribution in [-0.2, 0) is 7.05 Å². The highest BCUT2D eigenvalue weighted by Gasteiger charge is 2.23. The van der Waals surface area contributed by atoms with Crippen LogP contribution in [0.15, 0.2) is 18.2 Å². The maximum atomic E-state index is 12.2. The van der Waals surface area contributed by atoms with Gasteiger partial charge < -0.3 is 4.90 Å². The average molecular weight is 331 g/mol. The van der Waals surface area contributed by atoms with Crippen molar-refractivity contribution in [3.63, 3.8) is 0 Å². The van der Waals surface area contributed by atoms with Gasteiger partial charge in [-0.3, -0.25) is 20.2 Å². The van der Waals surface area contributed by atoms with Gasteiger partial charge in [-0.2, -0.15) is 4.80 Å². The lowest BCUT2D eigenvalue weighted by Gasteiger charge is -2.28. The van der Waals surface area contributed by atoms with Gasteiger partial charge in [-0.25, -0.2) is 0 Å². The highest BCUT2D eigenvalue weighted by molar-refractivity contribution is 6.04. The third-order valence-corrected chi connectivity index (χ3v) is 3.86. The molecule has 3 rings (SSSR count). The second kappa shape index (κ2) is 6.60. The third kappa shape index (κ3) is 3.31. The fraction of sp³-hybridized carbons (Fsp3) is 0.429. The number of hydrogen-bond acceptors (Lipinski definition) is 7. The molecule has 1 fully saturated rings. The minimum Gasteiger partial charge on any atom is -0.366 e. The predicted octanol–water partition coefficient (Wildman–Crippen LogP) is 1.36. The van der Waals surface area contributed by atoms with Crippen molar-refractivity contribution in [2.75, 3.05) is 23.3 Å². The molecule has 0 unspecified atom stereocenters. The number of tetrazole rings is 1. The largest absolute Gasteiger partial charge is 0.366 e. The molecule has 0 spiro atoms. The van der Waals surface area contributed by atoms with Gasteiger partial charge in [0.05, 0.1) is 12.0 Å². The van der Waals surface area contributed by atoms with Crippen LogP contribution < -0.4 is 10.2 Å². The number of nitro groups is 1. The Morgan fingerprint density at radius 3 is 2.67 bits per heavy atom. The first-order valence-electron chi connectivity index (χ1n) is 7.63. The van der Waals surface area contributed by atoms with Crippen LogP contribution >= 0.6 is 0 Å². The van der Waals surface area contributed by atoms with E-state index in [0.29, 0.717) is 5.69 Å². The van der Waals surface area contributed by atoms with Crippen LogP contribution in [-0.4, -0.2) is 44.1 Å². The molecule has 0 saturated carbocycles. The maximum absolute atomic E-state index is 12.2. The molecule has 1 aromatic heterocycles. The number of nitro benzene ring substituents is 1. The van der Waals surface area contributed by atoms with Crippen LogP contribution in [0.3, 0.4) is 0 Å². The fourth-order valence-electron chi connectivity index (χ4n) is 2.72. The summed E-state index contributed by atoms with van der Waals surface area (Å²) in [4.78, 5) is 26.4. The zero-order valence-electron chi connectivity index (χ0n) is 13.2. The summed E-state index contributed by atoms with van der Waals surface area (Å²) in [7, 11) is 1.57. The molecule has 0 radical (unpaired) electrons. The van der Waals surface area contributed by atoms with E-state index in [1.54, 1.807) is 19.2 Å². The van der Waals surface area contributed by atoms with Crippen molar-refractivity contribution in [3.8, 4) is 0 Å². The highest BCUT2D eigenvalue weighted by atomic mass is 16.6. The number of benzene rings is 1. The van der Waals surface area contributed by atoms with Gasteiger partial charge in [-0.05, 0) is 36.6 Å². The summed E-state index contributed by atoms with van der Waals surface area (Å²) in [5.74, 6) is -0.471. The minimum absolute atomic E-state index is 0.0465. The van der Waals surface area contributed by atoms with E-state index in [0.717, 1.165) is 32.4 Å². The van der Waals surface area contributed by atoms with Crippen molar-refractivity contribution in [1.82, 2.24) is 20.2 Å². The van der Waals surface area contributed by atoms with Gasteiger partial charge in [0.2, 0.25) is 0 Å². The number of hydrogen-bond donors (Lipinski definition) is 1. The number of amides is 1. The number of rotatable bonds is 4. The average Bonchev–Trinajstić information content (AvgIpc) is 3.00. The van der Waals surface area contributed by atoms with Gasteiger partial charge in [0.15, 0.2) is 0 Å². The van der Waals surface area contributed by atoms with Crippen LogP contribution in [0.5, 0.6) is 0 Å². The maximum Gasteiger partial charge on any atom is 0.293 e. The molecule has 0 atom stereocenters. The Morgan fingerprint density at radius 2 is 2.04 bits per heavy atom. The lowest BCUT2D eigenvalue weighted by atomic mass is 10.1. The molecule has 126 valence electrons. The topological polar surface area (TPSA) is 119 Å². The van der Waals surface area contributed by atoms with Crippen LogP contribution in [0.4, 0.5) is 17.3 Å². The summed E-state index contributed by atoms with van der Waals surface area (Å²) in [5.41, 5.74) is 0.653. The lowest BCUT2D eigenvalue weighted by Crippen LogP contribution is -2.30. The summed E-state index contributed by atoms with van der Waals surface area (Å²) in [5, 5.41) is 25.0. The van der Waals surface area contributed by atoms with Crippen LogP contribution in [0, 0.1) is 10.1 Å². The molecule has 2 heterocycles. The molecule has 1 aromatic carbocycles. The number of nitrogens with zero attached hydrogens (tertiary/aromatic N) is 6. The van der Waals surface area contributed by atoms with Crippen molar-refractivity contribution >= 4 is 23.2 Å². The second-order valence-corrected chi connectivity index (χ2v) is 5.56. The Kier molecular flexibility index (Phi) is 4.36. The fourth-order valence-corrected chi connectivity index (χ4v) is 2.72. The number of aromatic nitrogens is 4. The lowest BCUT2D eigenvalue weighted by molar-refractivity contribution is -0.384. The first-order chi connectivity index (χ1) is 11.5. The zero-order valence-corrected chi connectivity index (χ0v) is 13.2. The minimum atomic E-state index is -0.517. The first kappa shape index (κ1) is 15.8. The van der Waals surface area contributed by atoms with Gasteiger partial charge in [-0.15, -0.1) is 5.10 Å². The number of nitrogens with one attached hydrogen (secondary N) is 1. The van der Waals surface area contributed by atoms with E-state index in [1.807, 2.05) is 4.90 Å². The Hall–Kier alpha value is -3.04. The standard InChI is InChI=1S/C14H17N7O3/c1-19-17-14(16-18-19)15-13(22)10-5-6-11(12(9-10)21(23)24)20-7-3-2-4-8-20/h5-6,9H,2-4,7-8H2,1H3,(H,15,17,22). The zero-order chi connectivity index (χ0) is 17.1. The van der Waals surface area contributed by atoms with E-state index in [2.05, 4.69) is 20.7 Å². The molecular weight excluding hydrogens is 314 g/mol. The molecule has 24 heavy (non-hydrogen) atoms. The number of anilines is 2. The molecule has 1 amide bonds. The van der Waals surface area contributed by atoms with Gasteiger partial charge in [0, 0.05) is 24.7 Å². The van der Waals surface area contributed by atoms with E-state index in [1.165, 1.54) is 10.9 Å². The van der Waals surface area contributed by atoms with Crippen LogP contribution in [0.25, 0.3) is 0 Å². The van der Waals surface area contributed by atoms with Crippen molar-refractivity contribution in [1.29, 1.82) is 0 Å². The monoisotopic (exact) mass is 331 g/mol. The summed E-state index contributed by atoms with van der Waals surface area (Å²) in [6.07, 6.45) is 3.16. The number of aryl methyl sites for hydroxylation is 1. The predicted molar refractivity (Wildman–Crippen MR) is 85.9 cm³/mol. The van der Waals surface area contributed by atoms with E-state index in [9.17, 15) is 14.9 Å². The highest BCUT2D eigenvalue weighted by Crippen LogP contribution is 2.31. The van der Waals surface area contributed by atoms with E-state index >= 15 is 0 Å². The van der Waals surface area contributed by atoms with Crippen LogP contribution in [0.1, 0.15) is 29.6 Å². The third-order valence-electron chi connectivity index (χ3n) is 3.86. The molecule has 1 aliphatic heterocycles. The van der Waals surface area contributed by atoms with E-state index in [-0.39, 0.29) is 17.2 Å². The molecule has 0 aliphatic carbocycles. The smallest absolute Gasteiger partial charge is 0.293 e. The van der Waals surface area contributed by atoms with Crippen molar-refractivity contribution in [2.45, 2.75) is 19.3 Å². The van der Waals surface area contributed by atoms with Gasteiger partial charge >= 0.3 is 0 Å². The number of carbonyl (C=O) groups excluding carboxylic acids is 1. The molecule has 0 bridgehead atoms. The van der Waals surface area contributed by atoms with Gasteiger partial charge in [0.1, 0.15) is 5.69 Å². The Morgan fingerprint density at radius 1 is 1.29 bits per heavy atom. The number of carbonyl (C=O) groups is 1. The second-order valence-electron chi connectivity index (χ2n) is 5.56. The first-order valence-corrected chi connectivity index (χ1v) is 7.63. The summed E-state index contributed by atoms with van der Waals surface area (Å²) >= 11 is 0. The molecular formula is C14H17N7O3. The van der Waals surface area contributed by atoms with Crippen LogP contribution in [0.2, 0.25) is 0 Å². The Labute approximate surface area is 137 Å². The Bertz CT molecular complexity index is 767. The molecule has 10 heteroatoms. The quantitative estimate of drug-likeness (QED) is 0.663. The van der Waals surface area contributed by atoms with E-state index in [4.69, 9.17) is 0 Å². The van der Waals surface area contributed by atoms with Gasteiger partial charge in [0.25, 0.3) is 17.5 Å². The van der Waals surface area contributed by atoms with E-state index < -0.39 is 10.8 Å². The molecule has 10 nitrogen and oxygen atoms in total. The Balaban J connectivity index is 1.85. The van der Waals surface area contributed by atoms with Crippen molar-refractivity contribution in [2.24, 2.45) is 7.05 Å². The van der Waals surface area contributed by atoms with Crippen molar-refractivity contribution in [3.05, 3.63) is 33.9 Å². The summed E-state index contributed by atoms with van der Waals surface area (Å²) in [6, 6.07) is 4.49. The number of piperidine rings is 1. The molecule has 1 aliphatic rings. The van der Waals surface area contributed by atoms with Gasteiger partial charge in [-0.1, -0.05) is 5.10 Å².